The molecule has 2 heterocycles. The van der Waals surface area contributed by atoms with Crippen LogP contribution in [0.3, 0.4) is 0 Å². The molecule has 2 aromatic heterocycles. The molecular weight excluding hydrogens is 332 g/mol. The highest BCUT2D eigenvalue weighted by atomic mass is 15.3. The van der Waals surface area contributed by atoms with Gasteiger partial charge < -0.3 is 0 Å². The third-order valence-electron chi connectivity index (χ3n) is 5.68. The Morgan fingerprint density at radius 1 is 0.889 bits per heavy atom. The first-order valence-corrected chi connectivity index (χ1v) is 9.64. The lowest BCUT2D eigenvalue weighted by molar-refractivity contribution is 0.426. The van der Waals surface area contributed by atoms with Gasteiger partial charge in [-0.1, -0.05) is 58.9 Å². The van der Waals surface area contributed by atoms with E-state index < -0.39 is 0 Å². The van der Waals surface area contributed by atoms with Crippen molar-refractivity contribution < 1.29 is 0 Å². The topological polar surface area (TPSA) is 46.5 Å². The van der Waals surface area contributed by atoms with Crippen molar-refractivity contribution in [1.29, 1.82) is 0 Å². The van der Waals surface area contributed by atoms with E-state index in [2.05, 4.69) is 91.0 Å². The predicted molar refractivity (Wildman–Crippen MR) is 112 cm³/mol. The van der Waals surface area contributed by atoms with Crippen LogP contribution >= 0.6 is 0 Å². The van der Waals surface area contributed by atoms with Gasteiger partial charge in [-0.15, -0.1) is 0 Å². The van der Waals surface area contributed by atoms with Crippen molar-refractivity contribution >= 4 is 21.8 Å². The summed E-state index contributed by atoms with van der Waals surface area (Å²) in [5.74, 6) is 0. The molecule has 4 rings (SSSR count). The Morgan fingerprint density at radius 3 is 2.41 bits per heavy atom. The molecule has 4 nitrogen and oxygen atoms in total. The average molecular weight is 361 g/mol. The normalized spacial score (nSPS) is 12.9. The largest absolute Gasteiger partial charge is 0.278 e. The van der Waals surface area contributed by atoms with Crippen molar-refractivity contribution in [2.24, 2.45) is 0 Å². The highest BCUT2D eigenvalue weighted by Crippen LogP contribution is 2.31. The van der Waals surface area contributed by atoms with Crippen LogP contribution in [0, 0.1) is 0 Å². The number of nitrogens with one attached hydrogen (secondary N) is 1. The van der Waals surface area contributed by atoms with E-state index in [1.54, 1.807) is 0 Å². The van der Waals surface area contributed by atoms with E-state index in [4.69, 9.17) is 0 Å². The Balaban J connectivity index is 1.60. The molecule has 0 aliphatic heterocycles. The van der Waals surface area contributed by atoms with Gasteiger partial charge in [0.15, 0.2) is 0 Å². The number of aromatic amines is 1. The molecule has 4 heteroatoms. The molecule has 0 radical (unpaired) electrons. The summed E-state index contributed by atoms with van der Waals surface area (Å²) in [4.78, 5) is 0. The third-order valence-corrected chi connectivity index (χ3v) is 5.68. The van der Waals surface area contributed by atoms with Gasteiger partial charge in [0.1, 0.15) is 0 Å². The molecule has 0 fully saturated rings. The van der Waals surface area contributed by atoms with E-state index in [1.165, 1.54) is 22.0 Å². The SMILES string of the molecule is CC(C)(C)c1ccc2cnn(CCC(C)(C)c3ccc4cn[nH]c4c3)c2c1. The van der Waals surface area contributed by atoms with Crippen molar-refractivity contribution in [3.05, 3.63) is 59.9 Å². The standard InChI is InChI=1S/C23H28N4/c1-22(2,3)18-8-7-17-15-25-27(21(17)13-18)11-10-23(4,5)19-9-6-16-14-24-26-20(16)12-19/h6-9,12-15H,10-11H2,1-5H3,(H,24,26). The van der Waals surface area contributed by atoms with E-state index in [9.17, 15) is 0 Å². The number of fused-ring (bicyclic) bond motifs is 2. The van der Waals surface area contributed by atoms with Crippen molar-refractivity contribution in [2.75, 3.05) is 0 Å². The molecule has 0 aliphatic rings. The maximum atomic E-state index is 4.66. The summed E-state index contributed by atoms with van der Waals surface area (Å²) < 4.78 is 2.15. The smallest absolute Gasteiger partial charge is 0.0685 e. The van der Waals surface area contributed by atoms with Gasteiger partial charge >= 0.3 is 0 Å². The number of rotatable bonds is 4. The lowest BCUT2D eigenvalue weighted by Gasteiger charge is -2.25. The molecule has 4 aromatic rings. The second-order valence-corrected chi connectivity index (χ2v) is 9.20. The Hall–Kier alpha value is -2.62. The summed E-state index contributed by atoms with van der Waals surface area (Å²) in [7, 11) is 0. The fourth-order valence-corrected chi connectivity index (χ4v) is 3.60. The summed E-state index contributed by atoms with van der Waals surface area (Å²) in [6, 6.07) is 13.3. The highest BCUT2D eigenvalue weighted by Gasteiger charge is 2.22. The van der Waals surface area contributed by atoms with Crippen molar-refractivity contribution in [2.45, 2.75) is 58.4 Å². The Morgan fingerprint density at radius 2 is 1.63 bits per heavy atom. The van der Waals surface area contributed by atoms with Gasteiger partial charge in [0, 0.05) is 17.3 Å². The second-order valence-electron chi connectivity index (χ2n) is 9.20. The maximum Gasteiger partial charge on any atom is 0.0685 e. The lowest BCUT2D eigenvalue weighted by Crippen LogP contribution is -2.20. The zero-order chi connectivity index (χ0) is 19.2. The molecule has 0 unspecified atom stereocenters. The van der Waals surface area contributed by atoms with Crippen LogP contribution in [-0.4, -0.2) is 20.0 Å². The van der Waals surface area contributed by atoms with Crippen molar-refractivity contribution in [3.63, 3.8) is 0 Å². The summed E-state index contributed by atoms with van der Waals surface area (Å²) in [6.45, 7) is 12.3. The summed E-state index contributed by atoms with van der Waals surface area (Å²) in [6.07, 6.45) is 4.86. The van der Waals surface area contributed by atoms with Crippen LogP contribution in [0.15, 0.2) is 48.8 Å². The zero-order valence-electron chi connectivity index (χ0n) is 16.9. The van der Waals surface area contributed by atoms with Gasteiger partial charge in [0.2, 0.25) is 0 Å². The molecule has 2 aromatic carbocycles. The van der Waals surface area contributed by atoms with Gasteiger partial charge in [-0.05, 0) is 40.5 Å². The van der Waals surface area contributed by atoms with Gasteiger partial charge in [-0.2, -0.15) is 10.2 Å². The van der Waals surface area contributed by atoms with Crippen LogP contribution < -0.4 is 0 Å². The molecule has 0 atom stereocenters. The minimum Gasteiger partial charge on any atom is -0.278 e. The first kappa shape index (κ1) is 17.8. The minimum absolute atomic E-state index is 0.0548. The van der Waals surface area contributed by atoms with E-state index in [0.29, 0.717) is 0 Å². The van der Waals surface area contributed by atoms with E-state index in [1.807, 2.05) is 12.4 Å². The molecule has 0 aliphatic carbocycles. The van der Waals surface area contributed by atoms with Gasteiger partial charge in [0.25, 0.3) is 0 Å². The van der Waals surface area contributed by atoms with Crippen LogP contribution in [0.2, 0.25) is 0 Å². The van der Waals surface area contributed by atoms with Crippen LogP contribution in [0.4, 0.5) is 0 Å². The third kappa shape index (κ3) is 3.36. The number of benzene rings is 2. The number of hydrogen-bond acceptors (Lipinski definition) is 2. The molecule has 140 valence electrons. The summed E-state index contributed by atoms with van der Waals surface area (Å²) >= 11 is 0. The monoisotopic (exact) mass is 360 g/mol. The quantitative estimate of drug-likeness (QED) is 0.516. The predicted octanol–water partition coefficient (Wildman–Crippen LogP) is 5.58. The number of aromatic nitrogens is 4. The Kier molecular flexibility index (Phi) is 4.10. The van der Waals surface area contributed by atoms with Gasteiger partial charge in [0.05, 0.1) is 23.4 Å². The van der Waals surface area contributed by atoms with Crippen LogP contribution in [-0.2, 0) is 17.4 Å². The molecule has 0 bridgehead atoms. The first-order valence-electron chi connectivity index (χ1n) is 9.64. The van der Waals surface area contributed by atoms with E-state index >= 15 is 0 Å². The summed E-state index contributed by atoms with van der Waals surface area (Å²) in [5, 5.41) is 14.2. The molecule has 0 amide bonds. The average Bonchev–Trinajstić information content (AvgIpc) is 3.24. The fraction of sp³-hybridized carbons (Fsp3) is 0.391. The van der Waals surface area contributed by atoms with Crippen LogP contribution in [0.1, 0.15) is 52.2 Å². The molecule has 0 saturated carbocycles. The molecular formula is C23H28N4. The lowest BCUT2D eigenvalue weighted by atomic mass is 9.81. The maximum absolute atomic E-state index is 4.66. The number of hydrogen-bond donors (Lipinski definition) is 1. The molecule has 0 spiro atoms. The van der Waals surface area contributed by atoms with Crippen LogP contribution in [0.25, 0.3) is 21.8 Å². The van der Waals surface area contributed by atoms with Crippen LogP contribution in [0.5, 0.6) is 0 Å². The molecule has 27 heavy (non-hydrogen) atoms. The fourth-order valence-electron chi connectivity index (χ4n) is 3.60. The Bertz CT molecular complexity index is 1090. The second kappa shape index (κ2) is 6.22. The first-order chi connectivity index (χ1) is 12.7. The van der Waals surface area contributed by atoms with Crippen molar-refractivity contribution in [1.82, 2.24) is 20.0 Å². The molecule has 0 saturated heterocycles. The number of nitrogens with zero attached hydrogens (tertiary/aromatic N) is 3. The molecule has 1 N–H and O–H groups in total. The number of H-pyrrole nitrogens is 1. The summed E-state index contributed by atoms with van der Waals surface area (Å²) in [5.41, 5.74) is 5.19. The Labute approximate surface area is 160 Å². The van der Waals surface area contributed by atoms with E-state index in [-0.39, 0.29) is 10.8 Å². The minimum atomic E-state index is 0.0548. The zero-order valence-corrected chi connectivity index (χ0v) is 16.9. The number of aryl methyl sites for hydroxylation is 1. The van der Waals surface area contributed by atoms with Gasteiger partial charge in [-0.25, -0.2) is 0 Å². The van der Waals surface area contributed by atoms with Crippen molar-refractivity contribution in [3.8, 4) is 0 Å². The van der Waals surface area contributed by atoms with E-state index in [0.717, 1.165) is 23.9 Å². The highest BCUT2D eigenvalue weighted by molar-refractivity contribution is 5.80. The van der Waals surface area contributed by atoms with Gasteiger partial charge in [-0.3, -0.25) is 9.78 Å².